The van der Waals surface area contributed by atoms with Gasteiger partial charge in [-0.15, -0.1) is 0 Å². The molecule has 0 aromatic heterocycles. The van der Waals surface area contributed by atoms with Crippen molar-refractivity contribution in [3.63, 3.8) is 0 Å². The van der Waals surface area contributed by atoms with Gasteiger partial charge >= 0.3 is 0 Å². The van der Waals surface area contributed by atoms with Crippen LogP contribution in [0.5, 0.6) is 0 Å². The summed E-state index contributed by atoms with van der Waals surface area (Å²) >= 11 is 3.37. The second-order valence-electron chi connectivity index (χ2n) is 5.03. The van der Waals surface area contributed by atoms with Crippen LogP contribution in [0.25, 0.3) is 0 Å². The van der Waals surface area contributed by atoms with Crippen LogP contribution in [0, 0.1) is 11.7 Å². The molecule has 94 valence electrons. The summed E-state index contributed by atoms with van der Waals surface area (Å²) in [7, 11) is 0. The van der Waals surface area contributed by atoms with Crippen LogP contribution in [0.3, 0.4) is 0 Å². The van der Waals surface area contributed by atoms with Gasteiger partial charge in [0.1, 0.15) is 5.82 Å². The van der Waals surface area contributed by atoms with E-state index in [1.807, 2.05) is 6.07 Å². The van der Waals surface area contributed by atoms with Crippen LogP contribution in [0.2, 0.25) is 0 Å². The maximum atomic E-state index is 13.6. The molecule has 0 aliphatic carbocycles. The Hall–Kier alpha value is -0.450. The van der Waals surface area contributed by atoms with Gasteiger partial charge in [-0.3, -0.25) is 4.90 Å². The van der Waals surface area contributed by atoms with E-state index in [9.17, 15) is 4.39 Å². The molecule has 1 saturated heterocycles. The Balaban J connectivity index is 2.07. The van der Waals surface area contributed by atoms with Crippen molar-refractivity contribution in [1.82, 2.24) is 4.90 Å². The van der Waals surface area contributed by atoms with E-state index in [0.29, 0.717) is 12.5 Å². The quantitative estimate of drug-likeness (QED) is 0.910. The van der Waals surface area contributed by atoms with E-state index in [1.165, 1.54) is 6.07 Å². The third kappa shape index (κ3) is 3.50. The molecule has 2 rings (SSSR count). The zero-order valence-corrected chi connectivity index (χ0v) is 11.6. The average molecular weight is 301 g/mol. The molecule has 1 aromatic rings. The maximum Gasteiger partial charge on any atom is 0.127 e. The number of rotatable bonds is 2. The summed E-state index contributed by atoms with van der Waals surface area (Å²) in [6.45, 7) is 4.70. The summed E-state index contributed by atoms with van der Waals surface area (Å²) in [4.78, 5) is 2.24. The first-order valence-corrected chi connectivity index (χ1v) is 6.75. The highest BCUT2D eigenvalue weighted by Crippen LogP contribution is 2.21. The van der Waals surface area contributed by atoms with Crippen molar-refractivity contribution in [1.29, 1.82) is 0 Å². The molecule has 0 amide bonds. The summed E-state index contributed by atoms with van der Waals surface area (Å²) in [5.41, 5.74) is 6.73. The van der Waals surface area contributed by atoms with E-state index < -0.39 is 0 Å². The summed E-state index contributed by atoms with van der Waals surface area (Å²) in [5, 5.41) is 0. The molecule has 17 heavy (non-hydrogen) atoms. The van der Waals surface area contributed by atoms with Gasteiger partial charge in [0, 0.05) is 35.7 Å². The molecule has 0 radical (unpaired) electrons. The minimum Gasteiger partial charge on any atom is -0.327 e. The van der Waals surface area contributed by atoms with Gasteiger partial charge in [-0.25, -0.2) is 4.39 Å². The van der Waals surface area contributed by atoms with Crippen molar-refractivity contribution in [2.24, 2.45) is 11.7 Å². The van der Waals surface area contributed by atoms with E-state index in [2.05, 4.69) is 27.8 Å². The van der Waals surface area contributed by atoms with E-state index in [0.717, 1.165) is 29.5 Å². The van der Waals surface area contributed by atoms with Crippen LogP contribution in [-0.2, 0) is 6.54 Å². The van der Waals surface area contributed by atoms with E-state index in [4.69, 9.17) is 5.73 Å². The number of hydrogen-bond acceptors (Lipinski definition) is 2. The largest absolute Gasteiger partial charge is 0.327 e. The number of nitrogens with two attached hydrogens (primary N) is 1. The van der Waals surface area contributed by atoms with Crippen LogP contribution < -0.4 is 5.73 Å². The fourth-order valence-electron chi connectivity index (χ4n) is 2.55. The molecule has 0 spiro atoms. The molecule has 0 saturated carbocycles. The van der Waals surface area contributed by atoms with Gasteiger partial charge < -0.3 is 5.73 Å². The average Bonchev–Trinajstić information content (AvgIpc) is 2.22. The van der Waals surface area contributed by atoms with Gasteiger partial charge in [0.05, 0.1) is 0 Å². The molecule has 4 heteroatoms. The Morgan fingerprint density at radius 1 is 1.47 bits per heavy atom. The monoisotopic (exact) mass is 300 g/mol. The van der Waals surface area contributed by atoms with Gasteiger partial charge in [-0.2, -0.15) is 0 Å². The van der Waals surface area contributed by atoms with Crippen molar-refractivity contribution < 1.29 is 4.39 Å². The minimum atomic E-state index is -0.139. The number of piperidine rings is 1. The van der Waals surface area contributed by atoms with Crippen LogP contribution >= 0.6 is 15.9 Å². The van der Waals surface area contributed by atoms with Gasteiger partial charge in [0.25, 0.3) is 0 Å². The van der Waals surface area contributed by atoms with Gasteiger partial charge in [0.15, 0.2) is 0 Å². The number of likely N-dealkylation sites (tertiary alicyclic amines) is 1. The first-order chi connectivity index (χ1) is 8.04. The topological polar surface area (TPSA) is 29.3 Å². The van der Waals surface area contributed by atoms with E-state index >= 15 is 0 Å². The predicted molar refractivity (Wildman–Crippen MR) is 71.1 cm³/mol. The number of benzene rings is 1. The number of nitrogens with zero attached hydrogens (tertiary/aromatic N) is 1. The highest BCUT2D eigenvalue weighted by Gasteiger charge is 2.22. The maximum absolute atomic E-state index is 13.6. The highest BCUT2D eigenvalue weighted by atomic mass is 79.9. The van der Waals surface area contributed by atoms with Crippen molar-refractivity contribution in [2.45, 2.75) is 25.9 Å². The van der Waals surface area contributed by atoms with E-state index in [-0.39, 0.29) is 11.9 Å². The zero-order chi connectivity index (χ0) is 12.4. The summed E-state index contributed by atoms with van der Waals surface area (Å²) in [5.74, 6) is 0.453. The van der Waals surface area contributed by atoms with Crippen LogP contribution in [0.1, 0.15) is 18.9 Å². The summed E-state index contributed by atoms with van der Waals surface area (Å²) < 4.78 is 14.6. The highest BCUT2D eigenvalue weighted by molar-refractivity contribution is 9.10. The lowest BCUT2D eigenvalue weighted by Crippen LogP contribution is -2.45. The molecule has 1 fully saturated rings. The minimum absolute atomic E-state index is 0.139. The molecule has 0 bridgehead atoms. The molecule has 1 aromatic carbocycles. The molecule has 2 atom stereocenters. The molecule has 1 aliphatic heterocycles. The molecule has 2 unspecified atom stereocenters. The Kier molecular flexibility index (Phi) is 4.17. The predicted octanol–water partition coefficient (Wildman–Crippen LogP) is 2.76. The summed E-state index contributed by atoms with van der Waals surface area (Å²) in [6.07, 6.45) is 1.07. The van der Waals surface area contributed by atoms with Gasteiger partial charge in [-0.05, 0) is 30.5 Å². The first kappa shape index (κ1) is 13.0. The van der Waals surface area contributed by atoms with Crippen molar-refractivity contribution in [2.75, 3.05) is 13.1 Å². The van der Waals surface area contributed by atoms with Crippen LogP contribution in [0.15, 0.2) is 22.7 Å². The molecular formula is C13H18BrFN2. The lowest BCUT2D eigenvalue weighted by atomic mass is 9.96. The first-order valence-electron chi connectivity index (χ1n) is 5.96. The van der Waals surface area contributed by atoms with Gasteiger partial charge in [0.2, 0.25) is 0 Å². The fourth-order valence-corrected chi connectivity index (χ4v) is 2.96. The lowest BCUT2D eigenvalue weighted by molar-refractivity contribution is 0.157. The third-order valence-corrected chi connectivity index (χ3v) is 3.66. The zero-order valence-electron chi connectivity index (χ0n) is 10.00. The second kappa shape index (κ2) is 5.46. The third-order valence-electron chi connectivity index (χ3n) is 3.17. The molecule has 2 nitrogen and oxygen atoms in total. The van der Waals surface area contributed by atoms with Crippen LogP contribution in [-0.4, -0.2) is 24.0 Å². The lowest BCUT2D eigenvalue weighted by Gasteiger charge is -2.34. The molecule has 2 N–H and O–H groups in total. The molecular weight excluding hydrogens is 283 g/mol. The fraction of sp³-hybridized carbons (Fsp3) is 0.538. The van der Waals surface area contributed by atoms with Crippen LogP contribution in [0.4, 0.5) is 4.39 Å². The Morgan fingerprint density at radius 3 is 2.94 bits per heavy atom. The standard InChI is InChI=1S/C13H18BrFN2/c1-9-4-12(16)8-17(6-9)7-10-5-11(14)2-3-13(10)15/h2-3,5,9,12H,4,6-8,16H2,1H3. The van der Waals surface area contributed by atoms with Crippen molar-refractivity contribution >= 4 is 15.9 Å². The Labute approximate surface area is 110 Å². The van der Waals surface area contributed by atoms with Crippen molar-refractivity contribution in [3.05, 3.63) is 34.1 Å². The summed E-state index contributed by atoms with van der Waals surface area (Å²) in [6, 6.07) is 5.30. The van der Waals surface area contributed by atoms with Crippen molar-refractivity contribution in [3.8, 4) is 0 Å². The Bertz CT molecular complexity index is 387. The van der Waals surface area contributed by atoms with E-state index in [1.54, 1.807) is 6.07 Å². The normalized spacial score (nSPS) is 26.1. The molecule has 1 aliphatic rings. The number of hydrogen-bond donors (Lipinski definition) is 1. The second-order valence-corrected chi connectivity index (χ2v) is 5.95. The Morgan fingerprint density at radius 2 is 2.24 bits per heavy atom. The van der Waals surface area contributed by atoms with Gasteiger partial charge in [-0.1, -0.05) is 22.9 Å². The molecule has 1 heterocycles. The smallest absolute Gasteiger partial charge is 0.127 e. The number of halogens is 2. The SMILES string of the molecule is CC1CC(N)CN(Cc2cc(Br)ccc2F)C1.